The smallest absolute Gasteiger partial charge is 0.407 e. The summed E-state index contributed by atoms with van der Waals surface area (Å²) in [7, 11) is 0. The highest BCUT2D eigenvalue weighted by Gasteiger charge is 2.59. The predicted molar refractivity (Wildman–Crippen MR) is 278 cm³/mol. The molecule has 1 heterocycles. The van der Waals surface area contributed by atoms with Crippen molar-refractivity contribution in [3.05, 3.63) is 23.8 Å². The number of hydrogen-bond acceptors (Lipinski definition) is 7. The second-order valence-electron chi connectivity index (χ2n) is 23.6. The van der Waals surface area contributed by atoms with Gasteiger partial charge in [0, 0.05) is 19.6 Å². The lowest BCUT2D eigenvalue weighted by Gasteiger charge is -2.58. The zero-order chi connectivity index (χ0) is 47.9. The van der Waals surface area contributed by atoms with Crippen molar-refractivity contribution >= 4 is 6.09 Å². The SMILES string of the molecule is CCCCCCCC/C=C\CCCCCCCCOCC(CN1CCCCC1)OCCOC(O)C(C)NC(=O)OC1CC[C@@]2(C)C(=CCC3[C@@H]4CCC(C(C)CCCC(C)C)C4(C)CC[C@@H]32)C1. The van der Waals surface area contributed by atoms with E-state index in [1.807, 2.05) is 0 Å². The lowest BCUT2D eigenvalue weighted by Crippen LogP contribution is -2.51. The Morgan fingerprint density at radius 1 is 0.791 bits per heavy atom. The number of likely N-dealkylation sites (tertiary alicyclic amines) is 1. The molecule has 1 aliphatic heterocycles. The van der Waals surface area contributed by atoms with Crippen molar-refractivity contribution in [3.63, 3.8) is 0 Å². The Balaban J connectivity index is 0.938. The molecule has 0 aromatic carbocycles. The van der Waals surface area contributed by atoms with E-state index >= 15 is 0 Å². The van der Waals surface area contributed by atoms with E-state index in [1.165, 1.54) is 160 Å². The minimum absolute atomic E-state index is 0.0348. The molecular formula is C59H106N2O6. The van der Waals surface area contributed by atoms with Gasteiger partial charge >= 0.3 is 6.09 Å². The molecule has 8 unspecified atom stereocenters. The molecule has 8 heteroatoms. The number of ether oxygens (including phenoxy) is 4. The van der Waals surface area contributed by atoms with Gasteiger partial charge in [-0.15, -0.1) is 0 Å². The highest BCUT2D eigenvalue weighted by molar-refractivity contribution is 5.67. The average Bonchev–Trinajstić information content (AvgIpc) is 3.67. The molecule has 1 amide bonds. The van der Waals surface area contributed by atoms with Gasteiger partial charge in [-0.2, -0.15) is 0 Å². The number of fused-ring (bicyclic) bond motifs is 5. The van der Waals surface area contributed by atoms with Gasteiger partial charge in [-0.25, -0.2) is 4.79 Å². The summed E-state index contributed by atoms with van der Waals surface area (Å²) in [5.41, 5.74) is 2.23. The third-order valence-electron chi connectivity index (χ3n) is 18.0. The van der Waals surface area contributed by atoms with E-state index in [9.17, 15) is 9.90 Å². The fraction of sp³-hybridized carbons (Fsp3) is 0.915. The second kappa shape index (κ2) is 30.4. The average molecular weight is 940 g/mol. The number of rotatable bonds is 33. The second-order valence-corrected chi connectivity index (χ2v) is 23.6. The highest BCUT2D eigenvalue weighted by Crippen LogP contribution is 2.67. The lowest BCUT2D eigenvalue weighted by molar-refractivity contribution is -0.136. The number of unbranched alkanes of at least 4 members (excludes halogenated alkanes) is 12. The number of nitrogens with one attached hydrogen (secondary N) is 1. The molecule has 11 atom stereocenters. The first-order valence-electron chi connectivity index (χ1n) is 29.0. The van der Waals surface area contributed by atoms with Crippen molar-refractivity contribution < 1.29 is 28.8 Å². The molecule has 388 valence electrons. The number of allylic oxidation sites excluding steroid dienone is 3. The number of aliphatic hydroxyl groups is 1. The van der Waals surface area contributed by atoms with Crippen LogP contribution < -0.4 is 5.32 Å². The van der Waals surface area contributed by atoms with E-state index in [0.717, 1.165) is 87.4 Å². The van der Waals surface area contributed by atoms with Crippen LogP contribution in [0, 0.1) is 46.3 Å². The molecule has 8 nitrogen and oxygen atoms in total. The standard InChI is InChI=1S/C59H106N2O6/c1-8-9-10-11-12-13-14-15-16-17-18-19-20-21-22-26-40-64-45-51(44-61-38-24-23-25-39-61)65-41-42-66-56(62)48(5)60-57(63)67-50-34-36-58(6)49(43-50)30-31-52-54-33-32-53(47(4)29-27-28-46(2)3)59(54,7)37-35-55(52)58/h15-16,30,46-48,50-56,62H,8-14,17-29,31-45H2,1-7H3,(H,60,63)/b16-15-/t47?,48?,50?,51?,52?,53?,54-,55-,56?,58-,59?/m0/s1. The van der Waals surface area contributed by atoms with Crippen LogP contribution in [0.5, 0.6) is 0 Å². The van der Waals surface area contributed by atoms with Crippen molar-refractivity contribution in [1.29, 1.82) is 0 Å². The van der Waals surface area contributed by atoms with Crippen molar-refractivity contribution in [2.45, 2.75) is 253 Å². The van der Waals surface area contributed by atoms with E-state index in [-0.39, 0.29) is 24.2 Å². The molecule has 0 radical (unpaired) electrons. The van der Waals surface area contributed by atoms with Crippen LogP contribution in [0.1, 0.15) is 228 Å². The van der Waals surface area contributed by atoms with Gasteiger partial charge < -0.3 is 34.3 Å². The van der Waals surface area contributed by atoms with Gasteiger partial charge in [-0.3, -0.25) is 0 Å². The van der Waals surface area contributed by atoms with Gasteiger partial charge in [0.15, 0.2) is 6.29 Å². The third kappa shape index (κ3) is 18.3. The van der Waals surface area contributed by atoms with Gasteiger partial charge in [0.1, 0.15) is 6.10 Å². The minimum atomic E-state index is -1.15. The summed E-state index contributed by atoms with van der Waals surface area (Å²) in [5.74, 6) is 4.89. The number of alkyl carbamates (subject to hydrolysis) is 1. The number of amides is 1. The summed E-state index contributed by atoms with van der Waals surface area (Å²) >= 11 is 0. The number of carbonyl (C=O) groups excluding carboxylic acids is 1. The van der Waals surface area contributed by atoms with Crippen LogP contribution in [0.2, 0.25) is 0 Å². The Morgan fingerprint density at radius 2 is 1.48 bits per heavy atom. The Bertz CT molecular complexity index is 1410. The maximum Gasteiger partial charge on any atom is 0.407 e. The summed E-state index contributed by atoms with van der Waals surface area (Å²) in [5, 5.41) is 13.7. The molecular weight excluding hydrogens is 833 g/mol. The molecule has 67 heavy (non-hydrogen) atoms. The number of carbonyl (C=O) groups is 1. The van der Waals surface area contributed by atoms with Gasteiger partial charge in [-0.05, 0) is 156 Å². The fourth-order valence-electron chi connectivity index (χ4n) is 14.0. The molecule has 2 N–H and O–H groups in total. The van der Waals surface area contributed by atoms with Crippen molar-refractivity contribution in [2.75, 3.05) is 46.1 Å². The maximum absolute atomic E-state index is 13.2. The quantitative estimate of drug-likeness (QED) is 0.0385. The first kappa shape index (κ1) is 56.5. The molecule has 3 saturated carbocycles. The molecule has 0 spiro atoms. The molecule has 5 rings (SSSR count). The van der Waals surface area contributed by atoms with E-state index in [0.29, 0.717) is 18.6 Å². The van der Waals surface area contributed by atoms with Gasteiger partial charge in [0.2, 0.25) is 0 Å². The molecule has 0 bridgehead atoms. The van der Waals surface area contributed by atoms with Crippen LogP contribution in [0.15, 0.2) is 23.8 Å². The van der Waals surface area contributed by atoms with Crippen LogP contribution in [0.25, 0.3) is 0 Å². The zero-order valence-electron chi connectivity index (χ0n) is 44.7. The highest BCUT2D eigenvalue weighted by atomic mass is 16.6. The number of hydrogen-bond donors (Lipinski definition) is 2. The summed E-state index contributed by atoms with van der Waals surface area (Å²) in [4.78, 5) is 15.7. The summed E-state index contributed by atoms with van der Waals surface area (Å²) in [6, 6.07) is -0.607. The van der Waals surface area contributed by atoms with Crippen molar-refractivity contribution in [3.8, 4) is 0 Å². The van der Waals surface area contributed by atoms with Gasteiger partial charge in [-0.1, -0.05) is 149 Å². The zero-order valence-corrected chi connectivity index (χ0v) is 44.7. The summed E-state index contributed by atoms with van der Waals surface area (Å²) < 4.78 is 24.3. The lowest BCUT2D eigenvalue weighted by atomic mass is 9.47. The van der Waals surface area contributed by atoms with E-state index in [4.69, 9.17) is 18.9 Å². The monoisotopic (exact) mass is 939 g/mol. The largest absolute Gasteiger partial charge is 0.446 e. The van der Waals surface area contributed by atoms with Crippen LogP contribution in [0.4, 0.5) is 4.79 Å². The van der Waals surface area contributed by atoms with E-state index in [2.05, 4.69) is 70.0 Å². The van der Waals surface area contributed by atoms with Gasteiger partial charge in [0.25, 0.3) is 0 Å². The number of aliphatic hydroxyl groups excluding tert-OH is 1. The number of nitrogens with zero attached hydrogens (tertiary/aromatic N) is 1. The van der Waals surface area contributed by atoms with Crippen LogP contribution in [0.3, 0.4) is 0 Å². The molecule has 0 aromatic rings. The fourth-order valence-corrected chi connectivity index (χ4v) is 14.0. The van der Waals surface area contributed by atoms with Gasteiger partial charge in [0.05, 0.1) is 32.0 Å². The molecule has 0 aromatic heterocycles. The van der Waals surface area contributed by atoms with Crippen LogP contribution in [-0.4, -0.2) is 86.7 Å². The molecule has 4 aliphatic carbocycles. The normalized spacial score (nSPS) is 29.5. The third-order valence-corrected chi connectivity index (χ3v) is 18.0. The molecule has 5 aliphatic rings. The Morgan fingerprint density at radius 3 is 2.19 bits per heavy atom. The molecule has 4 fully saturated rings. The summed E-state index contributed by atoms with van der Waals surface area (Å²) in [6.45, 7) is 21.6. The van der Waals surface area contributed by atoms with Crippen molar-refractivity contribution in [1.82, 2.24) is 10.2 Å². The first-order chi connectivity index (χ1) is 32.4. The predicted octanol–water partition coefficient (Wildman–Crippen LogP) is 14.8. The number of piperidine rings is 1. The topological polar surface area (TPSA) is 89.5 Å². The maximum atomic E-state index is 13.2. The minimum Gasteiger partial charge on any atom is -0.446 e. The van der Waals surface area contributed by atoms with Crippen molar-refractivity contribution in [2.24, 2.45) is 46.3 Å². The Kier molecular flexibility index (Phi) is 25.6. The Labute approximate surface area is 412 Å². The molecule has 1 saturated heterocycles. The van der Waals surface area contributed by atoms with Crippen LogP contribution in [-0.2, 0) is 18.9 Å². The first-order valence-corrected chi connectivity index (χ1v) is 29.0. The van der Waals surface area contributed by atoms with E-state index < -0.39 is 18.4 Å². The van der Waals surface area contributed by atoms with Crippen LogP contribution >= 0.6 is 0 Å². The van der Waals surface area contributed by atoms with E-state index in [1.54, 1.807) is 6.92 Å². The summed E-state index contributed by atoms with van der Waals surface area (Å²) in [6.07, 6.45) is 41.3. The Hall–Kier alpha value is -1.45.